The van der Waals surface area contributed by atoms with Crippen molar-refractivity contribution in [3.8, 4) is 0 Å². The minimum absolute atomic E-state index is 0.237. The van der Waals surface area contributed by atoms with Gasteiger partial charge in [-0.3, -0.25) is 9.69 Å². The SMILES string of the molecule is C=CCN(CC=C)CC(=O)N1CCCCC1C. The van der Waals surface area contributed by atoms with Gasteiger partial charge in [-0.25, -0.2) is 0 Å². The standard InChI is InChI=1S/C14H24N2O/c1-4-9-15(10-5-2)12-14(17)16-11-7-6-8-13(16)3/h4-5,13H,1-2,6-12H2,3H3. The first-order valence-corrected chi connectivity index (χ1v) is 6.42. The zero-order valence-corrected chi connectivity index (χ0v) is 10.9. The first-order valence-electron chi connectivity index (χ1n) is 6.42. The molecule has 0 N–H and O–H groups in total. The van der Waals surface area contributed by atoms with E-state index in [2.05, 4.69) is 25.0 Å². The van der Waals surface area contributed by atoms with Crippen molar-refractivity contribution in [2.45, 2.75) is 32.2 Å². The second-order valence-electron chi connectivity index (χ2n) is 4.70. The van der Waals surface area contributed by atoms with Crippen LogP contribution in [0.15, 0.2) is 25.3 Å². The van der Waals surface area contributed by atoms with Gasteiger partial charge in [0.05, 0.1) is 6.54 Å². The molecule has 3 heteroatoms. The molecule has 0 bridgehead atoms. The molecular formula is C14H24N2O. The van der Waals surface area contributed by atoms with Crippen molar-refractivity contribution < 1.29 is 4.79 Å². The highest BCUT2D eigenvalue weighted by molar-refractivity contribution is 5.78. The first kappa shape index (κ1) is 14.0. The molecule has 96 valence electrons. The van der Waals surface area contributed by atoms with Crippen molar-refractivity contribution in [3.63, 3.8) is 0 Å². The summed E-state index contributed by atoms with van der Waals surface area (Å²) in [4.78, 5) is 16.3. The summed E-state index contributed by atoms with van der Waals surface area (Å²) in [6.45, 7) is 12.4. The number of hydrogen-bond donors (Lipinski definition) is 0. The number of likely N-dealkylation sites (tertiary alicyclic amines) is 1. The Balaban J connectivity index is 2.49. The number of rotatable bonds is 6. The maximum absolute atomic E-state index is 12.2. The lowest BCUT2D eigenvalue weighted by Gasteiger charge is -2.34. The van der Waals surface area contributed by atoms with Gasteiger partial charge in [0.1, 0.15) is 0 Å². The molecule has 1 aliphatic rings. The molecular weight excluding hydrogens is 212 g/mol. The summed E-state index contributed by atoms with van der Waals surface area (Å²) in [6.07, 6.45) is 7.18. The van der Waals surface area contributed by atoms with Crippen LogP contribution < -0.4 is 0 Å². The van der Waals surface area contributed by atoms with Gasteiger partial charge in [0.2, 0.25) is 5.91 Å². The Morgan fingerprint density at radius 2 is 2.00 bits per heavy atom. The van der Waals surface area contributed by atoms with Crippen LogP contribution in [-0.2, 0) is 4.79 Å². The average molecular weight is 236 g/mol. The smallest absolute Gasteiger partial charge is 0.237 e. The van der Waals surface area contributed by atoms with E-state index in [9.17, 15) is 4.79 Å². The van der Waals surface area contributed by atoms with Crippen LogP contribution in [0.1, 0.15) is 26.2 Å². The number of carbonyl (C=O) groups is 1. The number of amides is 1. The van der Waals surface area contributed by atoms with E-state index in [0.29, 0.717) is 12.6 Å². The predicted octanol–water partition coefficient (Wildman–Crippen LogP) is 2.06. The molecule has 0 aromatic heterocycles. The molecule has 1 unspecified atom stereocenters. The van der Waals surface area contributed by atoms with Crippen LogP contribution in [0.5, 0.6) is 0 Å². The van der Waals surface area contributed by atoms with E-state index in [4.69, 9.17) is 0 Å². The lowest BCUT2D eigenvalue weighted by molar-refractivity contribution is -0.135. The minimum atomic E-state index is 0.237. The van der Waals surface area contributed by atoms with Crippen molar-refractivity contribution in [2.24, 2.45) is 0 Å². The van der Waals surface area contributed by atoms with Crippen LogP contribution in [0.25, 0.3) is 0 Å². The highest BCUT2D eigenvalue weighted by Crippen LogP contribution is 2.16. The fourth-order valence-electron chi connectivity index (χ4n) is 2.32. The van der Waals surface area contributed by atoms with Gasteiger partial charge in [0.25, 0.3) is 0 Å². The topological polar surface area (TPSA) is 23.6 Å². The van der Waals surface area contributed by atoms with E-state index in [1.54, 1.807) is 0 Å². The minimum Gasteiger partial charge on any atom is -0.339 e. The molecule has 0 spiro atoms. The van der Waals surface area contributed by atoms with Crippen molar-refractivity contribution >= 4 is 5.91 Å². The monoisotopic (exact) mass is 236 g/mol. The summed E-state index contributed by atoms with van der Waals surface area (Å²) in [5, 5.41) is 0. The molecule has 1 aliphatic heterocycles. The largest absolute Gasteiger partial charge is 0.339 e. The van der Waals surface area contributed by atoms with E-state index in [-0.39, 0.29) is 5.91 Å². The van der Waals surface area contributed by atoms with E-state index < -0.39 is 0 Å². The molecule has 1 heterocycles. The molecule has 0 aromatic carbocycles. The Bertz CT molecular complexity index is 265. The summed E-state index contributed by atoms with van der Waals surface area (Å²) in [6, 6.07) is 0.394. The van der Waals surface area contributed by atoms with E-state index in [1.807, 2.05) is 17.1 Å². The molecule has 0 radical (unpaired) electrons. The van der Waals surface area contributed by atoms with Crippen molar-refractivity contribution in [3.05, 3.63) is 25.3 Å². The van der Waals surface area contributed by atoms with Gasteiger partial charge in [-0.15, -0.1) is 13.2 Å². The number of piperidine rings is 1. The number of carbonyl (C=O) groups excluding carboxylic acids is 1. The molecule has 1 fully saturated rings. The molecule has 17 heavy (non-hydrogen) atoms. The van der Waals surface area contributed by atoms with Crippen molar-refractivity contribution in [2.75, 3.05) is 26.2 Å². The molecule has 3 nitrogen and oxygen atoms in total. The van der Waals surface area contributed by atoms with Gasteiger partial charge in [-0.05, 0) is 26.2 Å². The Hall–Kier alpha value is -1.09. The summed E-state index contributed by atoms with van der Waals surface area (Å²) in [7, 11) is 0. The fraction of sp³-hybridized carbons (Fsp3) is 0.643. The third kappa shape index (κ3) is 4.35. The van der Waals surface area contributed by atoms with E-state index in [0.717, 1.165) is 32.5 Å². The summed E-state index contributed by atoms with van der Waals surface area (Å²) in [5.74, 6) is 0.237. The van der Waals surface area contributed by atoms with Crippen LogP contribution in [0.4, 0.5) is 0 Å². The summed E-state index contributed by atoms with van der Waals surface area (Å²) < 4.78 is 0. The quantitative estimate of drug-likeness (QED) is 0.659. The zero-order valence-electron chi connectivity index (χ0n) is 10.9. The lowest BCUT2D eigenvalue weighted by atomic mass is 10.0. The number of hydrogen-bond acceptors (Lipinski definition) is 2. The third-order valence-corrected chi connectivity index (χ3v) is 3.26. The predicted molar refractivity (Wildman–Crippen MR) is 71.9 cm³/mol. The van der Waals surface area contributed by atoms with Gasteiger partial charge in [0, 0.05) is 25.7 Å². The molecule has 0 saturated carbocycles. The van der Waals surface area contributed by atoms with Gasteiger partial charge in [0.15, 0.2) is 0 Å². The fourth-order valence-corrected chi connectivity index (χ4v) is 2.32. The van der Waals surface area contributed by atoms with Gasteiger partial charge in [-0.2, -0.15) is 0 Å². The van der Waals surface area contributed by atoms with E-state index >= 15 is 0 Å². The third-order valence-electron chi connectivity index (χ3n) is 3.26. The highest BCUT2D eigenvalue weighted by Gasteiger charge is 2.23. The highest BCUT2D eigenvalue weighted by atomic mass is 16.2. The van der Waals surface area contributed by atoms with Crippen LogP contribution >= 0.6 is 0 Å². The molecule has 1 amide bonds. The molecule has 0 aliphatic carbocycles. The summed E-state index contributed by atoms with van der Waals surface area (Å²) in [5.41, 5.74) is 0. The van der Waals surface area contributed by atoms with Crippen LogP contribution in [-0.4, -0.2) is 47.9 Å². The van der Waals surface area contributed by atoms with E-state index in [1.165, 1.54) is 6.42 Å². The van der Waals surface area contributed by atoms with Crippen molar-refractivity contribution in [1.29, 1.82) is 0 Å². The number of nitrogens with zero attached hydrogens (tertiary/aromatic N) is 2. The lowest BCUT2D eigenvalue weighted by Crippen LogP contribution is -2.47. The Morgan fingerprint density at radius 1 is 1.35 bits per heavy atom. The summed E-state index contributed by atoms with van der Waals surface area (Å²) >= 11 is 0. The second-order valence-corrected chi connectivity index (χ2v) is 4.70. The maximum Gasteiger partial charge on any atom is 0.237 e. The van der Waals surface area contributed by atoms with Gasteiger partial charge >= 0.3 is 0 Å². The molecule has 1 saturated heterocycles. The molecule has 0 aromatic rings. The second kappa shape index (κ2) is 7.28. The molecule has 1 rings (SSSR count). The van der Waals surface area contributed by atoms with Crippen LogP contribution in [0, 0.1) is 0 Å². The maximum atomic E-state index is 12.2. The normalized spacial score (nSPS) is 20.4. The van der Waals surface area contributed by atoms with Crippen molar-refractivity contribution in [1.82, 2.24) is 9.80 Å². The molecule has 1 atom stereocenters. The van der Waals surface area contributed by atoms with Crippen LogP contribution in [0.2, 0.25) is 0 Å². The Labute approximate surface area is 105 Å². The van der Waals surface area contributed by atoms with Gasteiger partial charge < -0.3 is 4.90 Å². The van der Waals surface area contributed by atoms with Crippen LogP contribution in [0.3, 0.4) is 0 Å². The van der Waals surface area contributed by atoms with Gasteiger partial charge in [-0.1, -0.05) is 12.2 Å². The zero-order chi connectivity index (χ0) is 12.7. The average Bonchev–Trinajstić information content (AvgIpc) is 2.30. The Morgan fingerprint density at radius 3 is 2.53 bits per heavy atom. The first-order chi connectivity index (χ1) is 8.19. The Kier molecular flexibility index (Phi) is 5.98.